The van der Waals surface area contributed by atoms with E-state index in [1.807, 2.05) is 0 Å². The lowest BCUT2D eigenvalue weighted by atomic mass is 9.69. The van der Waals surface area contributed by atoms with Crippen LogP contribution in [0.25, 0.3) is 0 Å². The minimum Gasteiger partial charge on any atom is -0.152 e. The number of rotatable bonds is 3. The molecule has 1 saturated heterocycles. The molecule has 0 aromatic heterocycles. The summed E-state index contributed by atoms with van der Waals surface area (Å²) in [6.45, 7) is 11.9. The summed E-state index contributed by atoms with van der Waals surface area (Å²) in [4.78, 5) is 0. The Hall–Kier alpha value is 0.350. The molecule has 0 spiro atoms. The van der Waals surface area contributed by atoms with Crippen molar-refractivity contribution < 1.29 is 0 Å². The zero-order valence-corrected chi connectivity index (χ0v) is 10.6. The van der Waals surface area contributed by atoms with Crippen molar-refractivity contribution in [1.82, 2.24) is 0 Å². The molecule has 0 N–H and O–H groups in total. The average Bonchev–Trinajstić information content (AvgIpc) is 2.37. The van der Waals surface area contributed by atoms with E-state index in [2.05, 4.69) is 46.4 Å². The highest BCUT2D eigenvalue weighted by molar-refractivity contribution is 8.01. The van der Waals surface area contributed by atoms with Gasteiger partial charge in [0, 0.05) is 10.00 Å². The van der Waals surface area contributed by atoms with Gasteiger partial charge >= 0.3 is 0 Å². The molecule has 1 aliphatic heterocycles. The van der Waals surface area contributed by atoms with Crippen molar-refractivity contribution in [3.63, 3.8) is 0 Å². The Labute approximate surface area is 87.9 Å². The zero-order valence-electron chi connectivity index (χ0n) is 9.81. The number of hydrogen-bond acceptors (Lipinski definition) is 1. The Bertz CT molecular complexity index is 168. The molecular formula is C12H24S. The summed E-state index contributed by atoms with van der Waals surface area (Å²) in [7, 11) is 0. The second kappa shape index (κ2) is 3.84. The minimum atomic E-state index is 0.497. The van der Waals surface area contributed by atoms with E-state index in [0.717, 1.165) is 5.25 Å². The van der Waals surface area contributed by atoms with Crippen molar-refractivity contribution in [2.24, 2.45) is 5.41 Å². The normalized spacial score (nSPS) is 30.7. The highest BCUT2D eigenvalue weighted by atomic mass is 32.2. The van der Waals surface area contributed by atoms with Crippen molar-refractivity contribution in [3.8, 4) is 0 Å². The standard InChI is InChI=1S/C12H24S/c1-6-10-9-12(7-2,8-3)11(4,5)13-10/h10H,6-9H2,1-5H3. The zero-order chi connectivity index (χ0) is 10.1. The molecule has 0 aromatic carbocycles. The van der Waals surface area contributed by atoms with Crippen LogP contribution in [0.1, 0.15) is 60.3 Å². The van der Waals surface area contributed by atoms with Gasteiger partial charge in [-0.25, -0.2) is 0 Å². The molecule has 0 bridgehead atoms. The van der Waals surface area contributed by atoms with Crippen LogP contribution in [0.3, 0.4) is 0 Å². The first-order chi connectivity index (χ1) is 6.01. The molecule has 1 fully saturated rings. The first kappa shape index (κ1) is 11.4. The van der Waals surface area contributed by atoms with E-state index in [1.54, 1.807) is 0 Å². The summed E-state index contributed by atoms with van der Waals surface area (Å²) in [6, 6.07) is 0. The third-order valence-electron chi connectivity index (χ3n) is 4.17. The second-order valence-corrected chi connectivity index (χ2v) is 6.77. The lowest BCUT2D eigenvalue weighted by Crippen LogP contribution is -2.35. The summed E-state index contributed by atoms with van der Waals surface area (Å²) in [5, 5.41) is 0.912. The maximum Gasteiger partial charge on any atom is 0.0162 e. The summed E-state index contributed by atoms with van der Waals surface area (Å²) in [6.07, 6.45) is 5.48. The highest BCUT2D eigenvalue weighted by Gasteiger charge is 2.50. The fourth-order valence-corrected chi connectivity index (χ4v) is 4.91. The number of thioether (sulfide) groups is 1. The van der Waals surface area contributed by atoms with E-state index in [4.69, 9.17) is 0 Å². The van der Waals surface area contributed by atoms with Gasteiger partial charge in [-0.15, -0.1) is 0 Å². The van der Waals surface area contributed by atoms with Gasteiger partial charge in [0.25, 0.3) is 0 Å². The van der Waals surface area contributed by atoms with Crippen LogP contribution in [0, 0.1) is 5.41 Å². The second-order valence-electron chi connectivity index (χ2n) is 4.85. The van der Waals surface area contributed by atoms with Crippen LogP contribution >= 0.6 is 11.8 Å². The quantitative estimate of drug-likeness (QED) is 0.647. The predicted octanol–water partition coefficient (Wildman–Crippen LogP) is 4.49. The fraction of sp³-hybridized carbons (Fsp3) is 1.00. The molecule has 13 heavy (non-hydrogen) atoms. The Morgan fingerprint density at radius 1 is 1.15 bits per heavy atom. The van der Waals surface area contributed by atoms with Crippen molar-refractivity contribution in [2.45, 2.75) is 70.3 Å². The Morgan fingerprint density at radius 3 is 1.92 bits per heavy atom. The van der Waals surface area contributed by atoms with Gasteiger partial charge in [-0.05, 0) is 31.1 Å². The lowest BCUT2D eigenvalue weighted by molar-refractivity contribution is 0.197. The topological polar surface area (TPSA) is 0 Å². The molecule has 1 atom stereocenters. The predicted molar refractivity (Wildman–Crippen MR) is 63.4 cm³/mol. The Morgan fingerprint density at radius 2 is 1.69 bits per heavy atom. The molecule has 1 unspecified atom stereocenters. The van der Waals surface area contributed by atoms with Gasteiger partial charge < -0.3 is 0 Å². The smallest absolute Gasteiger partial charge is 0.0162 e. The monoisotopic (exact) mass is 200 g/mol. The van der Waals surface area contributed by atoms with Crippen molar-refractivity contribution >= 4 is 11.8 Å². The molecule has 0 aliphatic carbocycles. The molecule has 1 rings (SSSR count). The molecule has 1 heteroatoms. The Balaban J connectivity index is 2.84. The molecular weight excluding hydrogens is 176 g/mol. The molecule has 0 aromatic rings. The van der Waals surface area contributed by atoms with Gasteiger partial charge in [0.05, 0.1) is 0 Å². The first-order valence-electron chi connectivity index (χ1n) is 5.69. The molecule has 0 nitrogen and oxygen atoms in total. The Kier molecular flexibility index (Phi) is 3.38. The van der Waals surface area contributed by atoms with Gasteiger partial charge in [0.15, 0.2) is 0 Å². The SMILES string of the molecule is CCC1CC(CC)(CC)C(C)(C)S1. The first-order valence-corrected chi connectivity index (χ1v) is 6.57. The van der Waals surface area contributed by atoms with E-state index >= 15 is 0 Å². The van der Waals surface area contributed by atoms with E-state index in [9.17, 15) is 0 Å². The van der Waals surface area contributed by atoms with E-state index in [1.165, 1.54) is 25.7 Å². The molecule has 0 radical (unpaired) electrons. The molecule has 0 saturated carbocycles. The van der Waals surface area contributed by atoms with Crippen molar-refractivity contribution in [1.29, 1.82) is 0 Å². The van der Waals surface area contributed by atoms with E-state index < -0.39 is 0 Å². The van der Waals surface area contributed by atoms with E-state index in [-0.39, 0.29) is 0 Å². The van der Waals surface area contributed by atoms with Gasteiger partial charge in [-0.1, -0.05) is 34.6 Å². The lowest BCUT2D eigenvalue weighted by Gasteiger charge is -2.39. The van der Waals surface area contributed by atoms with E-state index in [0.29, 0.717) is 10.2 Å². The number of hydrogen-bond donors (Lipinski definition) is 0. The highest BCUT2D eigenvalue weighted by Crippen LogP contribution is 2.59. The van der Waals surface area contributed by atoms with Crippen LogP contribution in [-0.2, 0) is 0 Å². The maximum atomic E-state index is 2.44. The summed E-state index contributed by atoms with van der Waals surface area (Å²) in [5.41, 5.74) is 0.609. The summed E-state index contributed by atoms with van der Waals surface area (Å²) in [5.74, 6) is 0. The van der Waals surface area contributed by atoms with Crippen LogP contribution in [-0.4, -0.2) is 10.00 Å². The third-order valence-corrected chi connectivity index (χ3v) is 6.02. The van der Waals surface area contributed by atoms with Gasteiger partial charge in [-0.3, -0.25) is 0 Å². The minimum absolute atomic E-state index is 0.497. The van der Waals surface area contributed by atoms with Crippen LogP contribution in [0.5, 0.6) is 0 Å². The molecule has 78 valence electrons. The fourth-order valence-electron chi connectivity index (χ4n) is 2.88. The maximum absolute atomic E-state index is 2.44. The third kappa shape index (κ3) is 1.77. The van der Waals surface area contributed by atoms with Crippen LogP contribution < -0.4 is 0 Å². The largest absolute Gasteiger partial charge is 0.152 e. The van der Waals surface area contributed by atoms with Gasteiger partial charge in [-0.2, -0.15) is 11.8 Å². The molecule has 0 amide bonds. The van der Waals surface area contributed by atoms with Crippen molar-refractivity contribution in [2.75, 3.05) is 0 Å². The van der Waals surface area contributed by atoms with Crippen molar-refractivity contribution in [3.05, 3.63) is 0 Å². The average molecular weight is 200 g/mol. The molecule has 1 heterocycles. The molecule has 1 aliphatic rings. The van der Waals surface area contributed by atoms with Gasteiger partial charge in [0.1, 0.15) is 0 Å². The summed E-state index contributed by atoms with van der Waals surface area (Å²) < 4.78 is 0.497. The van der Waals surface area contributed by atoms with Crippen LogP contribution in [0.2, 0.25) is 0 Å². The van der Waals surface area contributed by atoms with Crippen LogP contribution in [0.4, 0.5) is 0 Å². The van der Waals surface area contributed by atoms with Gasteiger partial charge in [0.2, 0.25) is 0 Å². The summed E-state index contributed by atoms with van der Waals surface area (Å²) >= 11 is 2.22. The van der Waals surface area contributed by atoms with Crippen LogP contribution in [0.15, 0.2) is 0 Å².